The summed E-state index contributed by atoms with van der Waals surface area (Å²) in [5.74, 6) is -0.886. The molecule has 0 spiro atoms. The molecule has 8 nitrogen and oxygen atoms in total. The average molecular weight is 421 g/mol. The quantitative estimate of drug-likeness (QED) is 0.629. The fraction of sp³-hybridized carbons (Fsp3) is 0.263. The molecule has 0 fully saturated rings. The Bertz CT molecular complexity index is 1070. The van der Waals surface area contributed by atoms with E-state index in [4.69, 9.17) is 4.42 Å². The van der Waals surface area contributed by atoms with E-state index in [0.717, 1.165) is 6.07 Å². The highest BCUT2D eigenvalue weighted by Gasteiger charge is 2.31. The normalized spacial score (nSPS) is 11.6. The summed E-state index contributed by atoms with van der Waals surface area (Å²) >= 11 is 0. The van der Waals surface area contributed by atoms with Crippen molar-refractivity contribution in [3.8, 4) is 5.82 Å². The second-order valence-corrected chi connectivity index (χ2v) is 6.71. The van der Waals surface area contributed by atoms with Gasteiger partial charge in [-0.2, -0.15) is 18.3 Å². The number of alkyl halides is 3. The summed E-state index contributed by atoms with van der Waals surface area (Å²) in [5, 5.41) is 4.10. The van der Waals surface area contributed by atoms with Crippen LogP contribution in [0.1, 0.15) is 57.5 Å². The van der Waals surface area contributed by atoms with Gasteiger partial charge < -0.3 is 4.42 Å². The molecule has 0 saturated carbocycles. The third-order valence-corrected chi connectivity index (χ3v) is 4.28. The summed E-state index contributed by atoms with van der Waals surface area (Å²) in [5.41, 5.74) is 4.54. The Kier molecular flexibility index (Phi) is 5.63. The molecule has 0 saturated heterocycles. The third kappa shape index (κ3) is 4.19. The van der Waals surface area contributed by atoms with Gasteiger partial charge in [-0.1, -0.05) is 13.8 Å². The molecule has 3 aromatic heterocycles. The van der Waals surface area contributed by atoms with E-state index in [9.17, 15) is 22.8 Å². The molecular formula is C19H18F3N5O3. The number of hydrogen-bond donors (Lipinski definition) is 2. The molecule has 0 atom stereocenters. The van der Waals surface area contributed by atoms with E-state index >= 15 is 0 Å². The predicted molar refractivity (Wildman–Crippen MR) is 98.8 cm³/mol. The Labute approximate surface area is 169 Å². The molecule has 0 radical (unpaired) electrons. The number of furan rings is 1. The standard InChI is InChI=1S/C19H18F3N5O3/c1-10(2)16-14(18(29)26-25-17(28)13-6-7-30-11(13)3)9-24-27(16)15-5-4-12(8-23-15)19(20,21)22/h4-10H,1-3H3,(H,25,28)(H,26,29). The molecule has 0 aliphatic rings. The van der Waals surface area contributed by atoms with E-state index in [1.165, 1.54) is 29.3 Å². The highest BCUT2D eigenvalue weighted by atomic mass is 19.4. The maximum absolute atomic E-state index is 12.8. The van der Waals surface area contributed by atoms with Gasteiger partial charge in [0.15, 0.2) is 5.82 Å². The first-order valence-corrected chi connectivity index (χ1v) is 8.86. The highest BCUT2D eigenvalue weighted by Crippen LogP contribution is 2.29. The smallest absolute Gasteiger partial charge is 0.417 e. The van der Waals surface area contributed by atoms with Crippen LogP contribution in [0.3, 0.4) is 0 Å². The third-order valence-electron chi connectivity index (χ3n) is 4.28. The van der Waals surface area contributed by atoms with Crippen LogP contribution in [0.4, 0.5) is 13.2 Å². The number of rotatable bonds is 4. The van der Waals surface area contributed by atoms with Gasteiger partial charge >= 0.3 is 6.18 Å². The molecule has 0 aromatic carbocycles. The Balaban J connectivity index is 1.83. The summed E-state index contributed by atoms with van der Waals surface area (Å²) in [6, 6.07) is 3.53. The number of halogens is 3. The SMILES string of the molecule is Cc1occc1C(=O)NNC(=O)c1cnn(-c2ccc(C(F)(F)F)cn2)c1C(C)C. The van der Waals surface area contributed by atoms with Gasteiger partial charge in [-0.05, 0) is 31.0 Å². The van der Waals surface area contributed by atoms with Crippen LogP contribution in [0.25, 0.3) is 5.82 Å². The van der Waals surface area contributed by atoms with E-state index in [0.29, 0.717) is 17.7 Å². The predicted octanol–water partition coefficient (Wildman–Crippen LogP) is 3.39. The van der Waals surface area contributed by atoms with Gasteiger partial charge in [-0.3, -0.25) is 20.4 Å². The molecule has 30 heavy (non-hydrogen) atoms. The molecule has 3 heterocycles. The number of pyridine rings is 1. The highest BCUT2D eigenvalue weighted by molar-refractivity contribution is 6.00. The van der Waals surface area contributed by atoms with Crippen LogP contribution >= 0.6 is 0 Å². The molecular weight excluding hydrogens is 403 g/mol. The second-order valence-electron chi connectivity index (χ2n) is 6.71. The molecule has 2 amide bonds. The van der Waals surface area contributed by atoms with Crippen molar-refractivity contribution in [2.24, 2.45) is 0 Å². The fourth-order valence-electron chi connectivity index (χ4n) is 2.82. The number of aryl methyl sites for hydroxylation is 1. The zero-order valence-corrected chi connectivity index (χ0v) is 16.2. The van der Waals surface area contributed by atoms with Crippen molar-refractivity contribution >= 4 is 11.8 Å². The van der Waals surface area contributed by atoms with Crippen molar-refractivity contribution in [1.29, 1.82) is 0 Å². The molecule has 3 rings (SSSR count). The van der Waals surface area contributed by atoms with Crippen molar-refractivity contribution in [2.75, 3.05) is 0 Å². The topological polar surface area (TPSA) is 102 Å². The Morgan fingerprint density at radius 1 is 1.07 bits per heavy atom. The van der Waals surface area contributed by atoms with E-state index < -0.39 is 23.6 Å². The summed E-state index contributed by atoms with van der Waals surface area (Å²) < 4.78 is 44.6. The molecule has 2 N–H and O–H groups in total. The number of nitrogens with one attached hydrogen (secondary N) is 2. The number of aromatic nitrogens is 3. The van der Waals surface area contributed by atoms with Crippen molar-refractivity contribution in [3.05, 3.63) is 65.0 Å². The van der Waals surface area contributed by atoms with Crippen molar-refractivity contribution in [2.45, 2.75) is 32.9 Å². The second kappa shape index (κ2) is 8.01. The Morgan fingerprint density at radius 3 is 2.23 bits per heavy atom. The summed E-state index contributed by atoms with van der Waals surface area (Å²) in [6.07, 6.45) is -1.19. The van der Waals surface area contributed by atoms with Gasteiger partial charge in [0, 0.05) is 6.20 Å². The number of carbonyl (C=O) groups excluding carboxylic acids is 2. The van der Waals surface area contributed by atoms with Crippen LogP contribution < -0.4 is 10.9 Å². The maximum Gasteiger partial charge on any atom is 0.417 e. The lowest BCUT2D eigenvalue weighted by atomic mass is 10.1. The van der Waals surface area contributed by atoms with E-state index in [-0.39, 0.29) is 22.9 Å². The minimum atomic E-state index is -4.51. The number of nitrogens with zero attached hydrogens (tertiary/aromatic N) is 3. The monoisotopic (exact) mass is 421 g/mol. The molecule has 3 aromatic rings. The summed E-state index contributed by atoms with van der Waals surface area (Å²) in [7, 11) is 0. The summed E-state index contributed by atoms with van der Waals surface area (Å²) in [4.78, 5) is 28.5. The molecule has 0 unspecified atom stereocenters. The number of carbonyl (C=O) groups is 2. The first kappa shape index (κ1) is 21.1. The maximum atomic E-state index is 12.8. The zero-order chi connectivity index (χ0) is 22.1. The average Bonchev–Trinajstić information content (AvgIpc) is 3.31. The molecule has 0 aliphatic carbocycles. The van der Waals surface area contributed by atoms with Gasteiger partial charge in [-0.25, -0.2) is 9.67 Å². The molecule has 158 valence electrons. The van der Waals surface area contributed by atoms with E-state index in [1.54, 1.807) is 20.8 Å². The lowest BCUT2D eigenvalue weighted by molar-refractivity contribution is -0.137. The number of amides is 2. The lowest BCUT2D eigenvalue weighted by Crippen LogP contribution is -2.42. The van der Waals surface area contributed by atoms with Crippen LogP contribution in [0.2, 0.25) is 0 Å². The van der Waals surface area contributed by atoms with Crippen LogP contribution in [-0.4, -0.2) is 26.6 Å². The van der Waals surface area contributed by atoms with Crippen molar-refractivity contribution < 1.29 is 27.2 Å². The zero-order valence-electron chi connectivity index (χ0n) is 16.2. The van der Waals surface area contributed by atoms with Gasteiger partial charge in [0.05, 0.1) is 34.8 Å². The first-order valence-electron chi connectivity index (χ1n) is 8.86. The van der Waals surface area contributed by atoms with Gasteiger partial charge in [-0.15, -0.1) is 0 Å². The fourth-order valence-corrected chi connectivity index (χ4v) is 2.82. The van der Waals surface area contributed by atoms with Crippen LogP contribution in [0.5, 0.6) is 0 Å². The minimum Gasteiger partial charge on any atom is -0.469 e. The lowest BCUT2D eigenvalue weighted by Gasteiger charge is -2.13. The van der Waals surface area contributed by atoms with Crippen molar-refractivity contribution in [3.63, 3.8) is 0 Å². The number of hydrogen-bond acceptors (Lipinski definition) is 5. The van der Waals surface area contributed by atoms with Gasteiger partial charge in [0.2, 0.25) is 0 Å². The van der Waals surface area contributed by atoms with E-state index in [2.05, 4.69) is 20.9 Å². The van der Waals surface area contributed by atoms with E-state index in [1.807, 2.05) is 0 Å². The molecule has 0 aliphatic heterocycles. The van der Waals surface area contributed by atoms with Crippen molar-refractivity contribution in [1.82, 2.24) is 25.6 Å². The van der Waals surface area contributed by atoms with Gasteiger partial charge in [0.25, 0.3) is 11.8 Å². The number of hydrazine groups is 1. The van der Waals surface area contributed by atoms with Gasteiger partial charge in [0.1, 0.15) is 5.76 Å². The first-order chi connectivity index (χ1) is 14.1. The van der Waals surface area contributed by atoms with Crippen LogP contribution in [-0.2, 0) is 6.18 Å². The minimum absolute atomic E-state index is 0.129. The Hall–Kier alpha value is -3.63. The largest absolute Gasteiger partial charge is 0.469 e. The molecule has 11 heteroatoms. The molecule has 0 bridgehead atoms. The van der Waals surface area contributed by atoms with Crippen LogP contribution in [0, 0.1) is 6.92 Å². The van der Waals surface area contributed by atoms with Crippen LogP contribution in [0.15, 0.2) is 41.3 Å². The Morgan fingerprint density at radius 2 is 1.73 bits per heavy atom. The summed E-state index contributed by atoms with van der Waals surface area (Å²) in [6.45, 7) is 5.19.